The maximum Gasteiger partial charge on any atom is 0.325 e. The molecule has 32 heavy (non-hydrogen) atoms. The maximum absolute atomic E-state index is 15.1. The zero-order valence-electron chi connectivity index (χ0n) is 18.9. The summed E-state index contributed by atoms with van der Waals surface area (Å²) in [6.45, 7) is 0.366. The molecule has 180 valence electrons. The lowest BCUT2D eigenvalue weighted by atomic mass is 9.48. The molecule has 0 atom stereocenters. The molecule has 0 heterocycles. The van der Waals surface area contributed by atoms with E-state index in [9.17, 15) is 8.96 Å². The van der Waals surface area contributed by atoms with Crippen LogP contribution in [0.2, 0.25) is 0 Å². The summed E-state index contributed by atoms with van der Waals surface area (Å²) in [5.41, 5.74) is 0.420. The lowest BCUT2D eigenvalue weighted by Gasteiger charge is -2.57. The van der Waals surface area contributed by atoms with Crippen molar-refractivity contribution in [3.8, 4) is 5.75 Å². The molecule has 4 saturated carbocycles. The molecule has 1 aromatic carbocycles. The molecule has 0 spiro atoms. The largest absolute Gasteiger partial charge is 0.490 e. The molecule has 0 unspecified atom stereocenters. The molecule has 4 nitrogen and oxygen atoms in total. The van der Waals surface area contributed by atoms with Gasteiger partial charge in [0, 0.05) is 6.16 Å². The Kier molecular flexibility index (Phi) is 7.63. The number of hydrogen-bond donors (Lipinski definition) is 2. The average molecular weight is 471 g/mol. The van der Waals surface area contributed by atoms with Crippen molar-refractivity contribution in [1.29, 1.82) is 0 Å². The molecule has 1 aromatic rings. The van der Waals surface area contributed by atoms with E-state index in [4.69, 9.17) is 14.5 Å². The Bertz CT molecular complexity index is 802. The highest BCUT2D eigenvalue weighted by Crippen LogP contribution is 2.61. The van der Waals surface area contributed by atoms with E-state index in [1.165, 1.54) is 19.3 Å². The second kappa shape index (κ2) is 10.1. The topological polar surface area (TPSA) is 66.8 Å². The fraction of sp³-hybridized carbons (Fsp3) is 0.760. The van der Waals surface area contributed by atoms with Crippen LogP contribution in [0.25, 0.3) is 0 Å². The third-order valence-corrected chi connectivity index (χ3v) is 8.91. The van der Waals surface area contributed by atoms with Crippen LogP contribution >= 0.6 is 7.60 Å². The van der Waals surface area contributed by atoms with Gasteiger partial charge in [-0.25, -0.2) is 4.39 Å². The van der Waals surface area contributed by atoms with Crippen LogP contribution in [0.5, 0.6) is 5.75 Å². The highest BCUT2D eigenvalue weighted by molar-refractivity contribution is 7.51. The van der Waals surface area contributed by atoms with E-state index in [0.29, 0.717) is 36.3 Å². The van der Waals surface area contributed by atoms with Gasteiger partial charge in [-0.1, -0.05) is 38.2 Å². The summed E-state index contributed by atoms with van der Waals surface area (Å²) >= 11 is 0. The van der Waals surface area contributed by atoms with Gasteiger partial charge in [-0.3, -0.25) is 4.57 Å². The van der Waals surface area contributed by atoms with Gasteiger partial charge in [-0.2, -0.15) is 4.39 Å². The molecule has 0 amide bonds. The Morgan fingerprint density at radius 3 is 1.94 bits per heavy atom. The second-order valence-electron chi connectivity index (χ2n) is 10.6. The van der Waals surface area contributed by atoms with Crippen LogP contribution in [-0.4, -0.2) is 22.6 Å². The van der Waals surface area contributed by atoms with Crippen molar-refractivity contribution in [2.24, 2.45) is 17.8 Å². The van der Waals surface area contributed by atoms with Crippen LogP contribution in [-0.2, 0) is 9.98 Å². The SMILES string of the molecule is O=P(O)(O)CCCCCCCCCOc1ccc([C@]23CC4CC(C[C@H](C4)C2)C3)c(F)c1F. The maximum atomic E-state index is 15.1. The van der Waals surface area contributed by atoms with Crippen molar-refractivity contribution in [3.63, 3.8) is 0 Å². The first-order valence-electron chi connectivity index (χ1n) is 12.4. The fourth-order valence-electron chi connectivity index (χ4n) is 6.98. The molecule has 0 aromatic heterocycles. The first kappa shape index (κ1) is 24.2. The highest BCUT2D eigenvalue weighted by Gasteiger charge is 2.52. The van der Waals surface area contributed by atoms with E-state index in [2.05, 4.69) is 0 Å². The van der Waals surface area contributed by atoms with Gasteiger partial charge < -0.3 is 14.5 Å². The van der Waals surface area contributed by atoms with Crippen molar-refractivity contribution in [2.45, 2.75) is 88.9 Å². The van der Waals surface area contributed by atoms with E-state index in [1.54, 1.807) is 12.1 Å². The monoisotopic (exact) mass is 470 g/mol. The van der Waals surface area contributed by atoms with Crippen molar-refractivity contribution in [2.75, 3.05) is 12.8 Å². The molecular formula is C25H37F2O4P. The standard InChI is InChI=1S/C25H37F2O4P/c26-23-21(25-15-18-12-19(16-25)14-20(13-18)17-25)8-9-22(24(23)27)31-10-6-4-2-1-3-5-7-11-32(28,29)30/h8-9,18-20H,1-7,10-17H2,(H2,28,29,30)/t18-,19?,20?,25-. The molecular weight excluding hydrogens is 433 g/mol. The van der Waals surface area contributed by atoms with Gasteiger partial charge in [0.25, 0.3) is 0 Å². The molecule has 0 aliphatic heterocycles. The van der Waals surface area contributed by atoms with Crippen LogP contribution < -0.4 is 4.74 Å². The number of halogens is 2. The molecule has 0 radical (unpaired) electrons. The Balaban J connectivity index is 1.20. The predicted octanol–water partition coefficient (Wildman–Crippen LogP) is 6.72. The molecule has 4 aliphatic rings. The number of hydrogen-bond acceptors (Lipinski definition) is 2. The van der Waals surface area contributed by atoms with Gasteiger partial charge in [-0.15, -0.1) is 0 Å². The van der Waals surface area contributed by atoms with Crippen LogP contribution in [0, 0.1) is 29.4 Å². The number of benzene rings is 1. The molecule has 5 rings (SSSR count). The van der Waals surface area contributed by atoms with Gasteiger partial charge in [0.2, 0.25) is 5.82 Å². The van der Waals surface area contributed by atoms with E-state index in [0.717, 1.165) is 57.8 Å². The van der Waals surface area contributed by atoms with Crippen LogP contribution in [0.3, 0.4) is 0 Å². The number of ether oxygens (including phenoxy) is 1. The highest BCUT2D eigenvalue weighted by atomic mass is 31.2. The fourth-order valence-corrected chi connectivity index (χ4v) is 7.61. The van der Waals surface area contributed by atoms with Crippen molar-refractivity contribution < 1.29 is 27.9 Å². The molecule has 4 bridgehead atoms. The average Bonchev–Trinajstić information content (AvgIpc) is 2.70. The predicted molar refractivity (Wildman–Crippen MR) is 121 cm³/mol. The Hall–Kier alpha value is -0.970. The van der Waals surface area contributed by atoms with Crippen LogP contribution in [0.15, 0.2) is 12.1 Å². The summed E-state index contributed by atoms with van der Waals surface area (Å²) in [5.74, 6) is 0.554. The third-order valence-electron chi connectivity index (χ3n) is 8.01. The third kappa shape index (κ3) is 5.74. The summed E-state index contributed by atoms with van der Waals surface area (Å²) in [5, 5.41) is 0. The van der Waals surface area contributed by atoms with Gasteiger partial charge in [0.15, 0.2) is 11.6 Å². The minimum atomic E-state index is -3.87. The van der Waals surface area contributed by atoms with E-state index < -0.39 is 19.2 Å². The lowest BCUT2D eigenvalue weighted by molar-refractivity contribution is -0.00708. The normalized spacial score (nSPS) is 28.9. The smallest absolute Gasteiger partial charge is 0.325 e. The van der Waals surface area contributed by atoms with Gasteiger partial charge >= 0.3 is 7.60 Å². The second-order valence-corrected chi connectivity index (χ2v) is 12.4. The molecule has 4 fully saturated rings. The van der Waals surface area contributed by atoms with Gasteiger partial charge in [-0.05, 0) is 86.2 Å². The number of unbranched alkanes of at least 4 members (excludes halogenated alkanes) is 6. The van der Waals surface area contributed by atoms with Crippen molar-refractivity contribution in [1.82, 2.24) is 0 Å². The van der Waals surface area contributed by atoms with E-state index >= 15 is 4.39 Å². The van der Waals surface area contributed by atoms with E-state index in [-0.39, 0.29) is 17.3 Å². The zero-order valence-corrected chi connectivity index (χ0v) is 19.8. The Morgan fingerprint density at radius 1 is 0.844 bits per heavy atom. The molecule has 0 saturated heterocycles. The van der Waals surface area contributed by atoms with Gasteiger partial charge in [0.1, 0.15) is 0 Å². The first-order valence-corrected chi connectivity index (χ1v) is 14.2. The minimum Gasteiger partial charge on any atom is -0.490 e. The zero-order chi connectivity index (χ0) is 22.8. The summed E-state index contributed by atoms with van der Waals surface area (Å²) in [6, 6.07) is 3.42. The lowest BCUT2D eigenvalue weighted by Crippen LogP contribution is -2.49. The number of rotatable bonds is 12. The molecule has 2 N–H and O–H groups in total. The molecule has 4 aliphatic carbocycles. The van der Waals surface area contributed by atoms with Crippen molar-refractivity contribution >= 4 is 7.60 Å². The van der Waals surface area contributed by atoms with E-state index in [1.807, 2.05) is 0 Å². The summed E-state index contributed by atoms with van der Waals surface area (Å²) in [7, 11) is -3.87. The quantitative estimate of drug-likeness (QED) is 0.263. The van der Waals surface area contributed by atoms with Crippen LogP contribution in [0.4, 0.5) is 8.78 Å². The summed E-state index contributed by atoms with van der Waals surface area (Å²) < 4.78 is 46.3. The Morgan fingerprint density at radius 2 is 1.38 bits per heavy atom. The minimum absolute atomic E-state index is 0.0217. The Labute approximate surface area is 190 Å². The first-order chi connectivity index (χ1) is 15.3. The van der Waals surface area contributed by atoms with Crippen molar-refractivity contribution in [3.05, 3.63) is 29.3 Å². The molecule has 7 heteroatoms. The van der Waals surface area contributed by atoms with Crippen LogP contribution in [0.1, 0.15) is 89.0 Å². The van der Waals surface area contributed by atoms with Gasteiger partial charge in [0.05, 0.1) is 6.61 Å². The summed E-state index contributed by atoms with van der Waals surface area (Å²) in [4.78, 5) is 17.7. The summed E-state index contributed by atoms with van der Waals surface area (Å²) in [6.07, 6.45) is 12.9.